The van der Waals surface area contributed by atoms with Gasteiger partial charge in [-0.15, -0.1) is 0 Å². The highest BCUT2D eigenvalue weighted by molar-refractivity contribution is 5.86. The fourth-order valence-corrected chi connectivity index (χ4v) is 4.48. The monoisotopic (exact) mass is 288 g/mol. The van der Waals surface area contributed by atoms with Gasteiger partial charge in [0.2, 0.25) is 0 Å². The van der Waals surface area contributed by atoms with E-state index < -0.39 is 0 Å². The van der Waals surface area contributed by atoms with Crippen molar-refractivity contribution in [1.29, 1.82) is 0 Å². The molecule has 0 unspecified atom stereocenters. The summed E-state index contributed by atoms with van der Waals surface area (Å²) in [5.74, 6) is 0.488. The number of nitrogens with one attached hydrogen (secondary N) is 1. The largest absolute Gasteiger partial charge is 0.357 e. The van der Waals surface area contributed by atoms with E-state index in [2.05, 4.69) is 64.5 Å². The Balaban J connectivity index is 1.77. The first-order valence-electron chi connectivity index (χ1n) is 8.31. The van der Waals surface area contributed by atoms with Crippen LogP contribution in [0.25, 0.3) is 10.9 Å². The highest BCUT2D eigenvalue weighted by atomic mass is 15.2. The molecule has 2 aliphatic rings. The summed E-state index contributed by atoms with van der Waals surface area (Å²) in [7, 11) is 0. The standard InChI is InChI=1S/C20H20N2/c1-2-7-14(8-3-1)16-13-22-12-6-11-18(22)20-19(16)15-9-4-5-10-17(15)21-20/h1-5,7-10,16,18,21H,6,11-13H2/t16-,18-/m0/s1. The minimum Gasteiger partial charge on any atom is -0.357 e. The minimum absolute atomic E-state index is 0.488. The lowest BCUT2D eigenvalue weighted by molar-refractivity contribution is 0.227. The first-order chi connectivity index (χ1) is 10.9. The second-order valence-corrected chi connectivity index (χ2v) is 6.61. The molecule has 0 radical (unpaired) electrons. The Morgan fingerprint density at radius 3 is 2.68 bits per heavy atom. The van der Waals surface area contributed by atoms with Gasteiger partial charge in [0.05, 0.1) is 6.04 Å². The van der Waals surface area contributed by atoms with E-state index in [-0.39, 0.29) is 0 Å². The molecule has 5 rings (SSSR count). The number of H-pyrrole nitrogens is 1. The Kier molecular flexibility index (Phi) is 2.68. The molecule has 2 aliphatic heterocycles. The molecule has 1 aromatic heterocycles. The number of rotatable bonds is 1. The first-order valence-corrected chi connectivity index (χ1v) is 8.31. The number of benzene rings is 2. The summed E-state index contributed by atoms with van der Waals surface area (Å²) < 4.78 is 0. The summed E-state index contributed by atoms with van der Waals surface area (Å²) in [5, 5.41) is 1.41. The fourth-order valence-electron chi connectivity index (χ4n) is 4.48. The van der Waals surface area contributed by atoms with E-state index in [4.69, 9.17) is 0 Å². The zero-order valence-corrected chi connectivity index (χ0v) is 12.6. The van der Waals surface area contributed by atoms with Crippen LogP contribution in [-0.2, 0) is 0 Å². The molecule has 0 amide bonds. The van der Waals surface area contributed by atoms with Crippen molar-refractivity contribution in [2.24, 2.45) is 0 Å². The van der Waals surface area contributed by atoms with E-state index in [1.807, 2.05) is 0 Å². The van der Waals surface area contributed by atoms with Crippen molar-refractivity contribution in [1.82, 2.24) is 9.88 Å². The molecule has 2 aromatic carbocycles. The average molecular weight is 288 g/mol. The van der Waals surface area contributed by atoms with Gasteiger partial charge in [-0.3, -0.25) is 4.90 Å². The molecule has 3 aromatic rings. The highest BCUT2D eigenvalue weighted by Crippen LogP contribution is 2.46. The van der Waals surface area contributed by atoms with Gasteiger partial charge < -0.3 is 4.98 Å². The van der Waals surface area contributed by atoms with Crippen molar-refractivity contribution in [2.75, 3.05) is 13.1 Å². The van der Waals surface area contributed by atoms with Crippen LogP contribution in [0.5, 0.6) is 0 Å². The molecule has 1 N–H and O–H groups in total. The smallest absolute Gasteiger partial charge is 0.0502 e. The Labute approximate surface area is 130 Å². The van der Waals surface area contributed by atoms with Crippen molar-refractivity contribution in [3.8, 4) is 0 Å². The number of hydrogen-bond acceptors (Lipinski definition) is 1. The molecule has 22 heavy (non-hydrogen) atoms. The predicted molar refractivity (Wildman–Crippen MR) is 90.1 cm³/mol. The number of fused-ring (bicyclic) bond motifs is 5. The van der Waals surface area contributed by atoms with Crippen LogP contribution in [0.1, 0.15) is 41.6 Å². The lowest BCUT2D eigenvalue weighted by Gasteiger charge is -2.35. The molecular weight excluding hydrogens is 268 g/mol. The zero-order chi connectivity index (χ0) is 14.5. The first kappa shape index (κ1) is 12.5. The molecule has 3 heterocycles. The van der Waals surface area contributed by atoms with E-state index in [0.29, 0.717) is 12.0 Å². The lowest BCUT2D eigenvalue weighted by Crippen LogP contribution is -2.34. The lowest BCUT2D eigenvalue weighted by atomic mass is 9.84. The maximum Gasteiger partial charge on any atom is 0.0502 e. The summed E-state index contributed by atoms with van der Waals surface area (Å²) >= 11 is 0. The summed E-state index contributed by atoms with van der Waals surface area (Å²) in [6.07, 6.45) is 2.61. The minimum atomic E-state index is 0.488. The summed E-state index contributed by atoms with van der Waals surface area (Å²) in [4.78, 5) is 6.42. The van der Waals surface area contributed by atoms with Gasteiger partial charge in [0.1, 0.15) is 0 Å². The van der Waals surface area contributed by atoms with Crippen molar-refractivity contribution in [2.45, 2.75) is 24.8 Å². The van der Waals surface area contributed by atoms with Gasteiger partial charge in [-0.05, 0) is 36.6 Å². The van der Waals surface area contributed by atoms with Crippen LogP contribution in [0.2, 0.25) is 0 Å². The number of para-hydroxylation sites is 1. The Hall–Kier alpha value is -2.06. The van der Waals surface area contributed by atoms with E-state index in [1.54, 1.807) is 5.56 Å². The Bertz CT molecular complexity index is 818. The van der Waals surface area contributed by atoms with Crippen LogP contribution in [0.15, 0.2) is 54.6 Å². The molecule has 2 atom stereocenters. The normalized spacial score (nSPS) is 24.4. The third kappa shape index (κ3) is 1.71. The van der Waals surface area contributed by atoms with Crippen LogP contribution in [0.4, 0.5) is 0 Å². The number of hydrogen-bond donors (Lipinski definition) is 1. The molecule has 0 bridgehead atoms. The van der Waals surface area contributed by atoms with Gasteiger partial charge in [-0.1, -0.05) is 48.5 Å². The molecule has 0 aliphatic carbocycles. The zero-order valence-electron chi connectivity index (χ0n) is 12.6. The van der Waals surface area contributed by atoms with Crippen LogP contribution >= 0.6 is 0 Å². The molecule has 1 saturated heterocycles. The van der Waals surface area contributed by atoms with Gasteiger partial charge in [0, 0.05) is 29.1 Å². The van der Waals surface area contributed by atoms with Crippen molar-refractivity contribution in [3.05, 3.63) is 71.4 Å². The summed E-state index contributed by atoms with van der Waals surface area (Å²) in [6.45, 7) is 2.40. The fraction of sp³-hybridized carbons (Fsp3) is 0.300. The van der Waals surface area contributed by atoms with Gasteiger partial charge in [0.25, 0.3) is 0 Å². The molecule has 2 heteroatoms. The molecule has 1 fully saturated rings. The molecular formula is C20H20N2. The number of aromatic amines is 1. The second kappa shape index (κ2) is 4.72. The third-order valence-electron chi connectivity index (χ3n) is 5.44. The van der Waals surface area contributed by atoms with E-state index in [0.717, 1.165) is 6.54 Å². The third-order valence-corrected chi connectivity index (χ3v) is 5.44. The predicted octanol–water partition coefficient (Wildman–Crippen LogP) is 4.45. The van der Waals surface area contributed by atoms with Crippen LogP contribution in [0.3, 0.4) is 0 Å². The van der Waals surface area contributed by atoms with E-state index in [9.17, 15) is 0 Å². The van der Waals surface area contributed by atoms with Gasteiger partial charge in [-0.2, -0.15) is 0 Å². The molecule has 2 nitrogen and oxygen atoms in total. The van der Waals surface area contributed by atoms with Gasteiger partial charge >= 0.3 is 0 Å². The van der Waals surface area contributed by atoms with Crippen molar-refractivity contribution in [3.63, 3.8) is 0 Å². The number of nitrogens with zero attached hydrogens (tertiary/aromatic N) is 1. The second-order valence-electron chi connectivity index (χ2n) is 6.61. The average Bonchev–Trinajstić information content (AvgIpc) is 3.19. The maximum absolute atomic E-state index is 3.75. The summed E-state index contributed by atoms with van der Waals surface area (Å²) in [5.41, 5.74) is 5.75. The number of aromatic nitrogens is 1. The maximum atomic E-state index is 3.75. The van der Waals surface area contributed by atoms with Gasteiger partial charge in [0.15, 0.2) is 0 Å². The van der Waals surface area contributed by atoms with Crippen LogP contribution in [0, 0.1) is 0 Å². The van der Waals surface area contributed by atoms with Crippen molar-refractivity contribution >= 4 is 10.9 Å². The van der Waals surface area contributed by atoms with Crippen molar-refractivity contribution < 1.29 is 0 Å². The summed E-state index contributed by atoms with van der Waals surface area (Å²) in [6, 6.07) is 20.4. The molecule has 0 saturated carbocycles. The molecule has 110 valence electrons. The van der Waals surface area contributed by atoms with E-state index in [1.165, 1.54) is 41.5 Å². The van der Waals surface area contributed by atoms with Crippen LogP contribution in [-0.4, -0.2) is 23.0 Å². The Morgan fingerprint density at radius 2 is 1.77 bits per heavy atom. The highest BCUT2D eigenvalue weighted by Gasteiger charge is 2.38. The van der Waals surface area contributed by atoms with Gasteiger partial charge in [-0.25, -0.2) is 0 Å². The molecule has 0 spiro atoms. The quantitative estimate of drug-likeness (QED) is 0.701. The van der Waals surface area contributed by atoms with Crippen LogP contribution < -0.4 is 0 Å². The van der Waals surface area contributed by atoms with E-state index >= 15 is 0 Å². The topological polar surface area (TPSA) is 19.0 Å². The Morgan fingerprint density at radius 1 is 0.955 bits per heavy atom. The SMILES string of the molecule is c1ccc([C@@H]2CN3CCC[C@H]3c3[nH]c4ccccc4c32)cc1.